The van der Waals surface area contributed by atoms with Crippen molar-refractivity contribution in [1.29, 1.82) is 0 Å². The molecule has 0 aliphatic heterocycles. The van der Waals surface area contributed by atoms with Crippen molar-refractivity contribution in [2.45, 2.75) is 33.6 Å². The number of carboxylic acid groups (broad SMARTS) is 1. The fourth-order valence-electron chi connectivity index (χ4n) is 1.55. The molecule has 1 aromatic carbocycles. The molecule has 0 atom stereocenters. The van der Waals surface area contributed by atoms with Crippen molar-refractivity contribution in [3.8, 4) is 0 Å². The third kappa shape index (κ3) is 4.69. The van der Waals surface area contributed by atoms with Crippen LogP contribution >= 0.6 is 0 Å². The summed E-state index contributed by atoms with van der Waals surface area (Å²) in [4.78, 5) is 22.7. The minimum Gasteiger partial charge on any atom is -0.478 e. The van der Waals surface area contributed by atoms with Gasteiger partial charge in [-0.05, 0) is 24.0 Å². The lowest BCUT2D eigenvalue weighted by molar-refractivity contribution is -0.116. The Hall–Kier alpha value is -1.91. The van der Waals surface area contributed by atoms with Crippen LogP contribution in [0, 0.1) is 11.2 Å². The van der Waals surface area contributed by atoms with Gasteiger partial charge in [-0.3, -0.25) is 4.79 Å². The molecule has 1 aromatic rings. The number of rotatable bonds is 4. The van der Waals surface area contributed by atoms with Crippen molar-refractivity contribution < 1.29 is 19.1 Å². The van der Waals surface area contributed by atoms with Crippen molar-refractivity contribution in [3.63, 3.8) is 0 Å². The standard InChI is InChI=1S/C14H18FNO3/c1-14(2,3)8-7-11(17)16-10-6-4-5-9(15)12(10)13(18)19/h4-6H,7-8H2,1-3H3,(H,16,17)(H,18,19). The summed E-state index contributed by atoms with van der Waals surface area (Å²) in [5.41, 5.74) is -0.507. The van der Waals surface area contributed by atoms with Crippen LogP contribution in [0.15, 0.2) is 18.2 Å². The molecule has 1 rings (SSSR count). The molecule has 0 bridgehead atoms. The number of aromatic carboxylic acids is 1. The van der Waals surface area contributed by atoms with Crippen LogP contribution < -0.4 is 5.32 Å². The number of hydrogen-bond donors (Lipinski definition) is 2. The lowest BCUT2D eigenvalue weighted by Crippen LogP contribution is -2.17. The van der Waals surface area contributed by atoms with Crippen molar-refractivity contribution in [2.75, 3.05) is 5.32 Å². The molecule has 2 N–H and O–H groups in total. The number of nitrogens with one attached hydrogen (secondary N) is 1. The zero-order chi connectivity index (χ0) is 14.6. The number of carboxylic acids is 1. The molecule has 0 aliphatic carbocycles. The Morgan fingerprint density at radius 3 is 2.47 bits per heavy atom. The smallest absolute Gasteiger partial charge is 0.340 e. The fraction of sp³-hybridized carbons (Fsp3) is 0.429. The Balaban J connectivity index is 2.80. The fourth-order valence-corrected chi connectivity index (χ4v) is 1.55. The molecule has 19 heavy (non-hydrogen) atoms. The lowest BCUT2D eigenvalue weighted by Gasteiger charge is -2.17. The van der Waals surface area contributed by atoms with Gasteiger partial charge in [0.05, 0.1) is 5.69 Å². The molecule has 4 nitrogen and oxygen atoms in total. The van der Waals surface area contributed by atoms with Crippen molar-refractivity contribution in [1.82, 2.24) is 0 Å². The highest BCUT2D eigenvalue weighted by atomic mass is 19.1. The van der Waals surface area contributed by atoms with E-state index in [-0.39, 0.29) is 23.4 Å². The summed E-state index contributed by atoms with van der Waals surface area (Å²) < 4.78 is 13.4. The maximum absolute atomic E-state index is 13.4. The van der Waals surface area contributed by atoms with Gasteiger partial charge in [-0.2, -0.15) is 0 Å². The predicted molar refractivity (Wildman–Crippen MR) is 70.7 cm³/mol. The Labute approximate surface area is 111 Å². The minimum absolute atomic E-state index is 0.00795. The topological polar surface area (TPSA) is 66.4 Å². The summed E-state index contributed by atoms with van der Waals surface area (Å²) in [5, 5.41) is 11.4. The molecule has 104 valence electrons. The van der Waals surface area contributed by atoms with Crippen LogP contribution in [0.1, 0.15) is 44.0 Å². The molecule has 0 radical (unpaired) electrons. The van der Waals surface area contributed by atoms with Crippen LogP contribution in [0.2, 0.25) is 0 Å². The van der Waals surface area contributed by atoms with Gasteiger partial charge in [-0.25, -0.2) is 9.18 Å². The van der Waals surface area contributed by atoms with Crippen LogP contribution in [0.3, 0.4) is 0 Å². The average Bonchev–Trinajstić information content (AvgIpc) is 2.25. The molecular formula is C14H18FNO3. The van der Waals surface area contributed by atoms with Crippen molar-refractivity contribution in [2.24, 2.45) is 5.41 Å². The Morgan fingerprint density at radius 1 is 1.32 bits per heavy atom. The summed E-state index contributed by atoms with van der Waals surface area (Å²) >= 11 is 0. The molecule has 1 amide bonds. The zero-order valence-electron chi connectivity index (χ0n) is 11.3. The van der Waals surface area contributed by atoms with E-state index in [0.717, 1.165) is 6.07 Å². The average molecular weight is 267 g/mol. The number of halogens is 1. The molecule has 0 heterocycles. The summed E-state index contributed by atoms with van der Waals surface area (Å²) in [6, 6.07) is 3.79. The summed E-state index contributed by atoms with van der Waals surface area (Å²) in [7, 11) is 0. The van der Waals surface area contributed by atoms with Gasteiger partial charge in [0.2, 0.25) is 5.91 Å². The van der Waals surface area contributed by atoms with Gasteiger partial charge in [0.25, 0.3) is 0 Å². The largest absolute Gasteiger partial charge is 0.478 e. The van der Waals surface area contributed by atoms with E-state index in [1.54, 1.807) is 0 Å². The highest BCUT2D eigenvalue weighted by Crippen LogP contribution is 2.22. The van der Waals surface area contributed by atoms with Gasteiger partial charge in [0.15, 0.2) is 0 Å². The summed E-state index contributed by atoms with van der Waals surface area (Å²) in [6.45, 7) is 6.02. The maximum atomic E-state index is 13.4. The molecule has 0 saturated carbocycles. The minimum atomic E-state index is -1.40. The quantitative estimate of drug-likeness (QED) is 0.879. The monoisotopic (exact) mass is 267 g/mol. The number of carbonyl (C=O) groups excluding carboxylic acids is 1. The number of hydrogen-bond acceptors (Lipinski definition) is 2. The van der Waals surface area contributed by atoms with E-state index < -0.39 is 17.3 Å². The second-order valence-electron chi connectivity index (χ2n) is 5.58. The molecule has 0 unspecified atom stereocenters. The second kappa shape index (κ2) is 5.82. The molecule has 0 aliphatic rings. The van der Waals surface area contributed by atoms with Gasteiger partial charge in [-0.15, -0.1) is 0 Å². The maximum Gasteiger partial charge on any atom is 0.340 e. The van der Waals surface area contributed by atoms with Crippen LogP contribution in [-0.2, 0) is 4.79 Å². The van der Waals surface area contributed by atoms with Gasteiger partial charge < -0.3 is 10.4 Å². The van der Waals surface area contributed by atoms with Crippen LogP contribution in [0.5, 0.6) is 0 Å². The second-order valence-corrected chi connectivity index (χ2v) is 5.58. The van der Waals surface area contributed by atoms with E-state index in [4.69, 9.17) is 5.11 Å². The first-order chi connectivity index (χ1) is 8.70. The van der Waals surface area contributed by atoms with Gasteiger partial charge >= 0.3 is 5.97 Å². The molecule has 5 heteroatoms. The SMILES string of the molecule is CC(C)(C)CCC(=O)Nc1cccc(F)c1C(=O)O. The molecular weight excluding hydrogens is 249 g/mol. The van der Waals surface area contributed by atoms with Crippen LogP contribution in [-0.4, -0.2) is 17.0 Å². The van der Waals surface area contributed by atoms with E-state index in [2.05, 4.69) is 5.32 Å². The predicted octanol–water partition coefficient (Wildman–Crippen LogP) is 3.29. The van der Waals surface area contributed by atoms with Crippen LogP contribution in [0.25, 0.3) is 0 Å². The zero-order valence-corrected chi connectivity index (χ0v) is 11.3. The number of carbonyl (C=O) groups is 2. The number of amides is 1. The summed E-state index contributed by atoms with van der Waals surface area (Å²) in [6.07, 6.45) is 0.926. The highest BCUT2D eigenvalue weighted by molar-refractivity contribution is 6.00. The lowest BCUT2D eigenvalue weighted by atomic mass is 9.90. The van der Waals surface area contributed by atoms with Gasteiger partial charge in [-0.1, -0.05) is 26.8 Å². The van der Waals surface area contributed by atoms with Crippen molar-refractivity contribution >= 4 is 17.6 Å². The molecule has 0 spiro atoms. The van der Waals surface area contributed by atoms with E-state index in [0.29, 0.717) is 6.42 Å². The van der Waals surface area contributed by atoms with Crippen molar-refractivity contribution in [3.05, 3.63) is 29.6 Å². The first-order valence-corrected chi connectivity index (χ1v) is 6.02. The third-order valence-electron chi connectivity index (χ3n) is 2.60. The Bertz CT molecular complexity index is 492. The first kappa shape index (κ1) is 15.1. The highest BCUT2D eigenvalue weighted by Gasteiger charge is 2.18. The van der Waals surface area contributed by atoms with E-state index in [1.807, 2.05) is 20.8 Å². The number of benzene rings is 1. The number of anilines is 1. The Kier molecular flexibility index (Phi) is 4.64. The molecule has 0 aromatic heterocycles. The van der Waals surface area contributed by atoms with E-state index in [9.17, 15) is 14.0 Å². The first-order valence-electron chi connectivity index (χ1n) is 6.02. The Morgan fingerprint density at radius 2 is 1.95 bits per heavy atom. The molecule has 0 saturated heterocycles. The summed E-state index contributed by atoms with van der Waals surface area (Å²) in [5.74, 6) is -2.58. The molecule has 0 fully saturated rings. The van der Waals surface area contributed by atoms with Crippen LogP contribution in [0.4, 0.5) is 10.1 Å². The van der Waals surface area contributed by atoms with E-state index >= 15 is 0 Å². The van der Waals surface area contributed by atoms with Gasteiger partial charge in [0, 0.05) is 6.42 Å². The van der Waals surface area contributed by atoms with E-state index in [1.165, 1.54) is 12.1 Å². The van der Waals surface area contributed by atoms with Gasteiger partial charge in [0.1, 0.15) is 11.4 Å². The third-order valence-corrected chi connectivity index (χ3v) is 2.60. The normalized spacial score (nSPS) is 11.2.